The minimum atomic E-state index is -4.64. The minimum absolute atomic E-state index is 0.0503. The smallest absolute Gasteiger partial charge is 0.331 e. The predicted molar refractivity (Wildman–Crippen MR) is 108 cm³/mol. The number of likely N-dealkylation sites (N-methyl/N-ethyl adjacent to an activating group) is 1. The average molecular weight is 440 g/mol. The topological polar surface area (TPSA) is 61.4 Å². The van der Waals surface area contributed by atoms with Crippen LogP contribution in [-0.4, -0.2) is 30.4 Å². The molecule has 0 spiro atoms. The second-order valence-corrected chi connectivity index (χ2v) is 7.68. The predicted octanol–water partition coefficient (Wildman–Crippen LogP) is 5.09. The molecule has 160 valence electrons. The molecular weight excluding hydrogens is 419 g/mol. The van der Waals surface area contributed by atoms with Gasteiger partial charge in [-0.05, 0) is 42.5 Å². The van der Waals surface area contributed by atoms with Gasteiger partial charge in [-0.3, -0.25) is 4.79 Å². The number of anilines is 1. The van der Waals surface area contributed by atoms with Gasteiger partial charge in [-0.25, -0.2) is 4.79 Å². The second-order valence-electron chi connectivity index (χ2n) is 7.27. The van der Waals surface area contributed by atoms with Crippen LogP contribution in [0.3, 0.4) is 0 Å². The van der Waals surface area contributed by atoms with Crippen molar-refractivity contribution in [2.75, 3.05) is 18.9 Å². The number of hydrogen-bond acceptors (Lipinski definition) is 2. The molecule has 1 aliphatic carbocycles. The molecule has 1 fully saturated rings. The maximum atomic E-state index is 13.0. The third-order valence-electron chi connectivity index (χ3n) is 4.81. The van der Waals surface area contributed by atoms with Crippen molar-refractivity contribution in [1.82, 2.24) is 10.2 Å². The molecule has 1 unspecified atom stereocenters. The number of nitrogens with zero attached hydrogens (tertiary/aromatic N) is 1. The molecule has 9 heteroatoms. The Bertz CT molecular complexity index is 917. The quantitative estimate of drug-likeness (QED) is 0.658. The molecule has 2 aromatic carbocycles. The van der Waals surface area contributed by atoms with E-state index >= 15 is 0 Å². The van der Waals surface area contributed by atoms with Crippen molar-refractivity contribution in [2.45, 2.75) is 25.1 Å². The minimum Gasteiger partial charge on any atom is -0.331 e. The van der Waals surface area contributed by atoms with Gasteiger partial charge in [0.05, 0.1) is 16.6 Å². The number of benzene rings is 2. The summed E-state index contributed by atoms with van der Waals surface area (Å²) >= 11 is 5.58. The van der Waals surface area contributed by atoms with E-state index < -0.39 is 28.7 Å². The van der Waals surface area contributed by atoms with Crippen molar-refractivity contribution in [3.05, 3.63) is 64.7 Å². The van der Waals surface area contributed by atoms with Crippen LogP contribution in [0.25, 0.3) is 0 Å². The van der Waals surface area contributed by atoms with Crippen LogP contribution in [0.4, 0.5) is 23.7 Å². The highest BCUT2D eigenvalue weighted by molar-refractivity contribution is 6.31. The second kappa shape index (κ2) is 8.95. The van der Waals surface area contributed by atoms with Crippen molar-refractivity contribution in [2.24, 2.45) is 5.92 Å². The summed E-state index contributed by atoms with van der Waals surface area (Å²) in [5.74, 6) is -0.265. The van der Waals surface area contributed by atoms with E-state index in [4.69, 9.17) is 11.6 Å². The van der Waals surface area contributed by atoms with E-state index in [1.165, 1.54) is 18.0 Å². The first-order valence-electron chi connectivity index (χ1n) is 9.38. The summed E-state index contributed by atoms with van der Waals surface area (Å²) in [7, 11) is 1.45. The molecule has 0 saturated heterocycles. The van der Waals surface area contributed by atoms with Crippen LogP contribution in [0.15, 0.2) is 48.5 Å². The van der Waals surface area contributed by atoms with E-state index in [2.05, 4.69) is 10.6 Å². The summed E-state index contributed by atoms with van der Waals surface area (Å²) in [6.45, 7) is -0.317. The molecule has 3 amide bonds. The van der Waals surface area contributed by atoms with Gasteiger partial charge >= 0.3 is 12.2 Å². The fraction of sp³-hybridized carbons (Fsp3) is 0.333. The number of halogens is 4. The van der Waals surface area contributed by atoms with Crippen LogP contribution in [-0.2, 0) is 11.0 Å². The third kappa shape index (κ3) is 5.66. The number of rotatable bonds is 6. The Balaban J connectivity index is 1.59. The molecular formula is C21H21ClF3N3O2. The number of hydrogen-bond donors (Lipinski definition) is 2. The highest BCUT2D eigenvalue weighted by atomic mass is 35.5. The van der Waals surface area contributed by atoms with E-state index in [0.29, 0.717) is 5.92 Å². The lowest BCUT2D eigenvalue weighted by atomic mass is 10.0. The summed E-state index contributed by atoms with van der Waals surface area (Å²) in [6.07, 6.45) is -2.60. The van der Waals surface area contributed by atoms with Gasteiger partial charge in [0.1, 0.15) is 6.54 Å². The van der Waals surface area contributed by atoms with Crippen LogP contribution >= 0.6 is 11.6 Å². The summed E-state index contributed by atoms with van der Waals surface area (Å²) in [6, 6.07) is 12.1. The number of alkyl halides is 3. The molecule has 0 aromatic heterocycles. The zero-order chi connectivity index (χ0) is 21.9. The van der Waals surface area contributed by atoms with E-state index in [1.807, 2.05) is 30.3 Å². The zero-order valence-corrected chi connectivity index (χ0v) is 16.9. The van der Waals surface area contributed by atoms with Crippen molar-refractivity contribution in [1.29, 1.82) is 0 Å². The Morgan fingerprint density at radius 3 is 2.43 bits per heavy atom. The number of amides is 3. The number of nitrogens with one attached hydrogen (secondary N) is 2. The molecule has 0 radical (unpaired) electrons. The first-order chi connectivity index (χ1) is 14.1. The summed E-state index contributed by atoms with van der Waals surface area (Å²) in [5, 5.41) is 4.86. The normalized spacial score (nSPS) is 14.7. The highest BCUT2D eigenvalue weighted by Crippen LogP contribution is 2.41. The van der Waals surface area contributed by atoms with E-state index in [9.17, 15) is 22.8 Å². The van der Waals surface area contributed by atoms with Gasteiger partial charge in [0.15, 0.2) is 0 Å². The van der Waals surface area contributed by atoms with Crippen molar-refractivity contribution < 1.29 is 22.8 Å². The van der Waals surface area contributed by atoms with Gasteiger partial charge in [-0.15, -0.1) is 0 Å². The van der Waals surface area contributed by atoms with Crippen molar-refractivity contribution in [3.63, 3.8) is 0 Å². The Labute approximate surface area is 177 Å². The van der Waals surface area contributed by atoms with Crippen LogP contribution in [0.1, 0.15) is 30.0 Å². The average Bonchev–Trinajstić information content (AvgIpc) is 3.52. The first kappa shape index (κ1) is 22.0. The van der Waals surface area contributed by atoms with E-state index in [-0.39, 0.29) is 18.3 Å². The molecule has 1 atom stereocenters. The lowest BCUT2D eigenvalue weighted by Gasteiger charge is -2.23. The SMILES string of the molecule is CN(CC(=O)Nc1ccc(Cl)c(C(F)(F)F)c1)C(=O)NC(c1ccccc1)C1CC1. The largest absolute Gasteiger partial charge is 0.417 e. The molecule has 30 heavy (non-hydrogen) atoms. The molecule has 1 saturated carbocycles. The van der Waals surface area contributed by atoms with Crippen molar-refractivity contribution >= 4 is 29.2 Å². The number of carbonyl (C=O) groups is 2. The fourth-order valence-electron chi connectivity index (χ4n) is 3.11. The zero-order valence-electron chi connectivity index (χ0n) is 16.2. The van der Waals surface area contributed by atoms with Gasteiger partial charge in [0, 0.05) is 12.7 Å². The molecule has 3 rings (SSSR count). The van der Waals surface area contributed by atoms with E-state index in [1.54, 1.807) is 0 Å². The molecule has 2 aromatic rings. The van der Waals surface area contributed by atoms with Crippen molar-refractivity contribution in [3.8, 4) is 0 Å². The summed E-state index contributed by atoms with van der Waals surface area (Å²) < 4.78 is 38.9. The van der Waals surface area contributed by atoms with Gasteiger partial charge in [0.2, 0.25) is 5.91 Å². The summed E-state index contributed by atoms with van der Waals surface area (Å²) in [4.78, 5) is 26.0. The maximum absolute atomic E-state index is 13.0. The molecule has 0 bridgehead atoms. The Morgan fingerprint density at radius 2 is 1.83 bits per heavy atom. The van der Waals surface area contributed by atoms with Crippen LogP contribution in [0.2, 0.25) is 5.02 Å². The Hall–Kier alpha value is -2.74. The maximum Gasteiger partial charge on any atom is 0.417 e. The monoisotopic (exact) mass is 439 g/mol. The van der Waals surface area contributed by atoms with Gasteiger partial charge in [-0.1, -0.05) is 41.9 Å². The lowest BCUT2D eigenvalue weighted by Crippen LogP contribution is -2.43. The Morgan fingerprint density at radius 1 is 1.17 bits per heavy atom. The standard InChI is InChI=1S/C21H21ClF3N3O2/c1-28(20(30)27-19(14-7-8-14)13-5-3-2-4-6-13)12-18(29)26-15-9-10-17(22)16(11-15)21(23,24)25/h2-6,9-11,14,19H,7-8,12H2,1H3,(H,26,29)(H,27,30). The van der Waals surface area contributed by atoms with Crippen LogP contribution in [0, 0.1) is 5.92 Å². The Kier molecular flexibility index (Phi) is 6.55. The molecule has 0 heterocycles. The van der Waals surface area contributed by atoms with E-state index in [0.717, 1.165) is 30.5 Å². The highest BCUT2D eigenvalue weighted by Gasteiger charge is 2.35. The lowest BCUT2D eigenvalue weighted by molar-refractivity contribution is -0.137. The number of carbonyl (C=O) groups excluding carboxylic acids is 2. The van der Waals surface area contributed by atoms with Gasteiger partial charge in [-0.2, -0.15) is 13.2 Å². The van der Waals surface area contributed by atoms with Crippen LogP contribution < -0.4 is 10.6 Å². The first-order valence-corrected chi connectivity index (χ1v) is 9.76. The summed E-state index contributed by atoms with van der Waals surface area (Å²) in [5.41, 5.74) is -0.0964. The third-order valence-corrected chi connectivity index (χ3v) is 5.14. The van der Waals surface area contributed by atoms with Gasteiger partial charge in [0.25, 0.3) is 0 Å². The van der Waals surface area contributed by atoms with Gasteiger partial charge < -0.3 is 15.5 Å². The molecule has 2 N–H and O–H groups in total. The molecule has 0 aliphatic heterocycles. The fourth-order valence-corrected chi connectivity index (χ4v) is 3.34. The molecule has 5 nitrogen and oxygen atoms in total. The molecule has 1 aliphatic rings. The van der Waals surface area contributed by atoms with Crippen LogP contribution in [0.5, 0.6) is 0 Å². The number of urea groups is 1.